The number of carboxylic acids is 1. The van der Waals surface area contributed by atoms with Crippen LogP contribution in [0.5, 0.6) is 0 Å². The van der Waals surface area contributed by atoms with Crippen molar-refractivity contribution in [3.8, 4) is 0 Å². The van der Waals surface area contributed by atoms with E-state index in [0.717, 1.165) is 6.07 Å². The molecule has 1 aromatic carbocycles. The highest BCUT2D eigenvalue weighted by molar-refractivity contribution is 7.89. The van der Waals surface area contributed by atoms with Crippen molar-refractivity contribution in [3.63, 3.8) is 0 Å². The first kappa shape index (κ1) is 17.4. The number of hydrogen-bond acceptors (Lipinski definition) is 6. The molecule has 118 valence electrons. The van der Waals surface area contributed by atoms with Crippen molar-refractivity contribution in [3.05, 3.63) is 23.8 Å². The zero-order chi connectivity index (χ0) is 15.9. The summed E-state index contributed by atoms with van der Waals surface area (Å²) in [5, 5.41) is 29.3. The Morgan fingerprint density at radius 3 is 2.43 bits per heavy atom. The minimum Gasteiger partial charge on any atom is -0.478 e. The third-order valence-electron chi connectivity index (χ3n) is 2.59. The van der Waals surface area contributed by atoms with E-state index in [4.69, 9.17) is 15.3 Å². The second kappa shape index (κ2) is 7.93. The van der Waals surface area contributed by atoms with Gasteiger partial charge in [-0.3, -0.25) is 0 Å². The highest BCUT2D eigenvalue weighted by Gasteiger charge is 2.18. The van der Waals surface area contributed by atoms with Gasteiger partial charge in [0.1, 0.15) is 0 Å². The second-order valence-electron chi connectivity index (χ2n) is 4.14. The Morgan fingerprint density at radius 2 is 1.86 bits per heavy atom. The number of rotatable bonds is 9. The van der Waals surface area contributed by atoms with Crippen molar-refractivity contribution < 1.29 is 28.5 Å². The summed E-state index contributed by atoms with van der Waals surface area (Å²) in [6, 6.07) is 3.67. The molecular formula is C12H18N2O6S. The first-order valence-corrected chi connectivity index (χ1v) is 7.73. The lowest BCUT2D eigenvalue weighted by Gasteiger charge is -2.11. The Kier molecular flexibility index (Phi) is 6.56. The summed E-state index contributed by atoms with van der Waals surface area (Å²) < 4.78 is 25.9. The van der Waals surface area contributed by atoms with Crippen molar-refractivity contribution in [1.29, 1.82) is 0 Å². The fraction of sp³-hybridized carbons (Fsp3) is 0.417. The van der Waals surface area contributed by atoms with Crippen LogP contribution in [0.25, 0.3) is 0 Å². The highest BCUT2D eigenvalue weighted by Crippen LogP contribution is 2.20. The Balaban J connectivity index is 3.05. The number of benzene rings is 1. The Bertz CT molecular complexity index is 587. The summed E-state index contributed by atoms with van der Waals surface area (Å²) in [6.45, 7) is -0.175. The van der Waals surface area contributed by atoms with E-state index < -0.39 is 16.0 Å². The van der Waals surface area contributed by atoms with Gasteiger partial charge in [0.15, 0.2) is 0 Å². The number of hydrogen-bond donors (Lipinski definition) is 5. The number of aliphatic hydroxyl groups excluding tert-OH is 2. The van der Waals surface area contributed by atoms with Gasteiger partial charge in [-0.1, -0.05) is 0 Å². The minimum absolute atomic E-state index is 0.0348. The van der Waals surface area contributed by atoms with Crippen LogP contribution < -0.4 is 10.0 Å². The van der Waals surface area contributed by atoms with Crippen LogP contribution in [-0.4, -0.2) is 56.0 Å². The predicted octanol–water partition coefficient (Wildman–Crippen LogP) is -0.550. The first-order valence-electron chi connectivity index (χ1n) is 6.25. The summed E-state index contributed by atoms with van der Waals surface area (Å²) in [6.07, 6.45) is 0.442. The fourth-order valence-corrected chi connectivity index (χ4v) is 2.63. The van der Waals surface area contributed by atoms with Gasteiger partial charge >= 0.3 is 5.97 Å². The number of carboxylic acid groups (broad SMARTS) is 1. The van der Waals surface area contributed by atoms with Gasteiger partial charge in [0, 0.05) is 25.4 Å². The number of nitrogens with one attached hydrogen (secondary N) is 2. The molecule has 0 bridgehead atoms. The Morgan fingerprint density at radius 1 is 1.14 bits per heavy atom. The van der Waals surface area contributed by atoms with E-state index in [9.17, 15) is 13.2 Å². The maximum atomic E-state index is 11.9. The molecule has 9 heteroatoms. The van der Waals surface area contributed by atoms with Crippen molar-refractivity contribution >= 4 is 21.7 Å². The van der Waals surface area contributed by atoms with Crippen LogP contribution in [0.1, 0.15) is 16.8 Å². The van der Waals surface area contributed by atoms with Gasteiger partial charge in [-0.25, -0.2) is 17.9 Å². The zero-order valence-electron chi connectivity index (χ0n) is 11.2. The van der Waals surface area contributed by atoms with E-state index in [1.807, 2.05) is 0 Å². The van der Waals surface area contributed by atoms with Crippen LogP contribution in [-0.2, 0) is 10.0 Å². The molecule has 0 heterocycles. The van der Waals surface area contributed by atoms with Gasteiger partial charge < -0.3 is 20.6 Å². The quantitative estimate of drug-likeness (QED) is 0.385. The number of carbonyl (C=O) groups is 1. The fourth-order valence-electron chi connectivity index (χ4n) is 1.59. The van der Waals surface area contributed by atoms with Crippen LogP contribution in [0.4, 0.5) is 5.69 Å². The van der Waals surface area contributed by atoms with E-state index in [1.54, 1.807) is 0 Å². The number of anilines is 1. The average molecular weight is 318 g/mol. The standard InChI is InChI=1S/C12H18N2O6S/c15-6-1-4-13-11-3-2-9(8-10(11)12(17)18)21(19,20)14-5-7-16/h2-3,8,13-16H,1,4-7H2,(H,17,18). The lowest BCUT2D eigenvalue weighted by molar-refractivity contribution is 0.0697. The third-order valence-corrected chi connectivity index (χ3v) is 4.04. The van der Waals surface area contributed by atoms with Gasteiger partial charge in [-0.2, -0.15) is 0 Å². The predicted molar refractivity (Wildman–Crippen MR) is 75.9 cm³/mol. The molecule has 0 aliphatic rings. The van der Waals surface area contributed by atoms with E-state index in [0.29, 0.717) is 13.0 Å². The lowest BCUT2D eigenvalue weighted by Crippen LogP contribution is -2.27. The van der Waals surface area contributed by atoms with Crippen LogP contribution in [0, 0.1) is 0 Å². The third kappa shape index (κ3) is 4.97. The van der Waals surface area contributed by atoms with Crippen molar-refractivity contribution in [1.82, 2.24) is 4.72 Å². The summed E-state index contributed by atoms with van der Waals surface area (Å²) in [5.74, 6) is -1.26. The summed E-state index contributed by atoms with van der Waals surface area (Å²) in [7, 11) is -3.86. The SMILES string of the molecule is O=C(O)c1cc(S(=O)(=O)NCCO)ccc1NCCCO. The molecule has 0 fully saturated rings. The van der Waals surface area contributed by atoms with Crippen LogP contribution >= 0.6 is 0 Å². The number of aromatic carboxylic acids is 1. The van der Waals surface area contributed by atoms with Crippen LogP contribution in [0.2, 0.25) is 0 Å². The Labute approximate surface area is 122 Å². The molecule has 1 aromatic rings. The topological polar surface area (TPSA) is 136 Å². The zero-order valence-corrected chi connectivity index (χ0v) is 12.1. The maximum Gasteiger partial charge on any atom is 0.337 e. The van der Waals surface area contributed by atoms with Crippen molar-refractivity contribution in [2.24, 2.45) is 0 Å². The van der Waals surface area contributed by atoms with Gasteiger partial charge in [-0.05, 0) is 24.6 Å². The molecule has 0 saturated carbocycles. The molecule has 0 atom stereocenters. The number of sulfonamides is 1. The molecular weight excluding hydrogens is 300 g/mol. The molecule has 0 aromatic heterocycles. The lowest BCUT2D eigenvalue weighted by atomic mass is 10.2. The highest BCUT2D eigenvalue weighted by atomic mass is 32.2. The molecule has 0 saturated heterocycles. The largest absolute Gasteiger partial charge is 0.478 e. The Hall–Kier alpha value is -1.68. The second-order valence-corrected chi connectivity index (χ2v) is 5.90. The first-order chi connectivity index (χ1) is 9.92. The van der Waals surface area contributed by atoms with Crippen molar-refractivity contribution in [2.45, 2.75) is 11.3 Å². The summed E-state index contributed by atoms with van der Waals surface area (Å²) >= 11 is 0. The number of aliphatic hydroxyl groups is 2. The van der Waals surface area contributed by atoms with Gasteiger partial charge in [-0.15, -0.1) is 0 Å². The van der Waals surface area contributed by atoms with E-state index in [2.05, 4.69) is 10.0 Å². The molecule has 0 unspecified atom stereocenters. The molecule has 1 rings (SSSR count). The maximum absolute atomic E-state index is 11.9. The molecule has 0 radical (unpaired) electrons. The molecule has 0 aliphatic heterocycles. The monoisotopic (exact) mass is 318 g/mol. The van der Waals surface area contributed by atoms with Gasteiger partial charge in [0.05, 0.1) is 17.1 Å². The molecule has 5 N–H and O–H groups in total. The van der Waals surface area contributed by atoms with Crippen LogP contribution in [0.3, 0.4) is 0 Å². The van der Waals surface area contributed by atoms with Crippen LogP contribution in [0.15, 0.2) is 23.1 Å². The van der Waals surface area contributed by atoms with E-state index in [-0.39, 0.29) is 35.9 Å². The molecule has 0 aliphatic carbocycles. The normalized spacial score (nSPS) is 11.3. The van der Waals surface area contributed by atoms with E-state index in [1.165, 1.54) is 12.1 Å². The molecule has 0 spiro atoms. The van der Waals surface area contributed by atoms with Crippen molar-refractivity contribution in [2.75, 3.05) is 31.6 Å². The minimum atomic E-state index is -3.86. The van der Waals surface area contributed by atoms with Gasteiger partial charge in [0.2, 0.25) is 10.0 Å². The summed E-state index contributed by atoms with van der Waals surface area (Å²) in [4.78, 5) is 11.0. The molecule has 0 amide bonds. The average Bonchev–Trinajstić information content (AvgIpc) is 2.45. The smallest absolute Gasteiger partial charge is 0.337 e. The molecule has 21 heavy (non-hydrogen) atoms. The molecule has 8 nitrogen and oxygen atoms in total. The van der Waals surface area contributed by atoms with E-state index >= 15 is 0 Å². The summed E-state index contributed by atoms with van der Waals surface area (Å²) in [5.41, 5.74) is 0.0943. The van der Waals surface area contributed by atoms with Gasteiger partial charge in [0.25, 0.3) is 0 Å².